The molecule has 2 unspecified atom stereocenters. The number of hydrogen-bond acceptors (Lipinski definition) is 6. The molecule has 2 N–H and O–H groups in total. The maximum atomic E-state index is 10.2. The Bertz CT molecular complexity index is 204. The van der Waals surface area contributed by atoms with Gasteiger partial charge in [-0.1, -0.05) is 13.8 Å². The van der Waals surface area contributed by atoms with Crippen molar-refractivity contribution in [3.8, 4) is 0 Å². The van der Waals surface area contributed by atoms with Crippen LogP contribution in [0.25, 0.3) is 0 Å². The molecule has 0 aromatic rings. The van der Waals surface area contributed by atoms with E-state index in [2.05, 4.69) is 4.74 Å². The van der Waals surface area contributed by atoms with Gasteiger partial charge in [-0.25, -0.2) is 0 Å². The van der Waals surface area contributed by atoms with Crippen molar-refractivity contribution < 1.29 is 29.3 Å². The molecule has 0 bridgehead atoms. The van der Waals surface area contributed by atoms with Crippen molar-refractivity contribution in [2.45, 2.75) is 66.6 Å². The lowest BCUT2D eigenvalue weighted by atomic mass is 10.3. The van der Waals surface area contributed by atoms with E-state index in [1.54, 1.807) is 6.92 Å². The van der Waals surface area contributed by atoms with E-state index < -0.39 is 0 Å². The zero-order chi connectivity index (χ0) is 17.1. The number of methoxy groups -OCH3 is 1. The second kappa shape index (κ2) is 23.0. The molecule has 2 atom stereocenters. The molecule has 0 saturated carbocycles. The quantitative estimate of drug-likeness (QED) is 0.773. The average molecular weight is 296 g/mol. The molecular formula is C14H32O6. The molecule has 6 nitrogen and oxygen atoms in total. The lowest BCUT2D eigenvalue weighted by Gasteiger charge is -2.06. The molecule has 0 fully saturated rings. The number of ether oxygens (including phenoxy) is 2. The predicted molar refractivity (Wildman–Crippen MR) is 79.3 cm³/mol. The third kappa shape index (κ3) is 54.0. The number of aliphatic hydroxyl groups is 2. The van der Waals surface area contributed by atoms with Gasteiger partial charge in [0.1, 0.15) is 0 Å². The number of hydrogen-bond donors (Lipinski definition) is 2. The highest BCUT2D eigenvalue weighted by molar-refractivity contribution is 5.66. The minimum absolute atomic E-state index is 0.0764. The molecule has 6 heteroatoms. The van der Waals surface area contributed by atoms with Crippen LogP contribution in [-0.4, -0.2) is 48.6 Å². The van der Waals surface area contributed by atoms with Crippen molar-refractivity contribution in [1.82, 2.24) is 0 Å². The Morgan fingerprint density at radius 1 is 1.00 bits per heavy atom. The Hall–Kier alpha value is -1.14. The first-order valence-corrected chi connectivity index (χ1v) is 6.55. The summed E-state index contributed by atoms with van der Waals surface area (Å²) in [6, 6.07) is 0. The highest BCUT2D eigenvalue weighted by atomic mass is 16.5. The lowest BCUT2D eigenvalue weighted by Crippen LogP contribution is -2.09. The molecule has 0 aliphatic rings. The Labute approximate surface area is 123 Å². The summed E-state index contributed by atoms with van der Waals surface area (Å²) >= 11 is 0. The van der Waals surface area contributed by atoms with Gasteiger partial charge in [0, 0.05) is 21.0 Å². The van der Waals surface area contributed by atoms with E-state index in [9.17, 15) is 9.59 Å². The summed E-state index contributed by atoms with van der Waals surface area (Å²) in [6.45, 7) is 10.4. The van der Waals surface area contributed by atoms with Gasteiger partial charge < -0.3 is 19.7 Å². The molecule has 0 aromatic heterocycles. The fourth-order valence-electron chi connectivity index (χ4n) is 0.367. The molecule has 0 aliphatic heterocycles. The van der Waals surface area contributed by atoms with Gasteiger partial charge in [0.25, 0.3) is 0 Å². The Morgan fingerprint density at radius 2 is 1.30 bits per heavy atom. The largest absolute Gasteiger partial charge is 0.469 e. The van der Waals surface area contributed by atoms with E-state index in [-0.39, 0.29) is 24.1 Å². The van der Waals surface area contributed by atoms with Crippen LogP contribution in [0.15, 0.2) is 0 Å². The van der Waals surface area contributed by atoms with Gasteiger partial charge in [-0.05, 0) is 26.7 Å². The number of carbonyl (C=O) groups excluding carboxylic acids is 2. The molecule has 0 spiro atoms. The molecule has 0 rings (SSSR count). The minimum Gasteiger partial charge on any atom is -0.469 e. The predicted octanol–water partition coefficient (Wildman–Crippen LogP) is 1.91. The van der Waals surface area contributed by atoms with E-state index in [1.807, 2.05) is 20.8 Å². The zero-order valence-electron chi connectivity index (χ0n) is 14.1. The van der Waals surface area contributed by atoms with Crippen LogP contribution in [0.2, 0.25) is 0 Å². The molecule has 0 aliphatic carbocycles. The van der Waals surface area contributed by atoms with Crippen molar-refractivity contribution in [3.05, 3.63) is 0 Å². The lowest BCUT2D eigenvalue weighted by molar-refractivity contribution is -0.145. The summed E-state index contributed by atoms with van der Waals surface area (Å²) < 4.78 is 8.87. The van der Waals surface area contributed by atoms with Crippen LogP contribution >= 0.6 is 0 Å². The van der Waals surface area contributed by atoms with Gasteiger partial charge in [-0.3, -0.25) is 9.59 Å². The van der Waals surface area contributed by atoms with E-state index in [4.69, 9.17) is 14.9 Å². The summed E-state index contributed by atoms with van der Waals surface area (Å²) in [5.41, 5.74) is 0. The minimum atomic E-state index is -0.245. The van der Waals surface area contributed by atoms with Gasteiger partial charge in [0.05, 0.1) is 19.3 Å². The monoisotopic (exact) mass is 296 g/mol. The highest BCUT2D eigenvalue weighted by Crippen LogP contribution is 1.94. The number of carbonyl (C=O) groups is 2. The number of aliphatic hydroxyl groups excluding tert-OH is 2. The second-order valence-corrected chi connectivity index (χ2v) is 3.78. The van der Waals surface area contributed by atoms with Gasteiger partial charge in [-0.15, -0.1) is 0 Å². The van der Waals surface area contributed by atoms with Crippen molar-refractivity contribution >= 4 is 11.9 Å². The van der Waals surface area contributed by atoms with Crippen molar-refractivity contribution in [3.63, 3.8) is 0 Å². The summed E-state index contributed by atoms with van der Waals surface area (Å²) in [4.78, 5) is 19.8. The molecule has 0 heterocycles. The Kier molecular flexibility index (Phi) is 31.3. The fraction of sp³-hybridized carbons (Fsp3) is 0.857. The SMILES string of the molecule is CCC(C)O.CCC(C)OC(C)=O.CO.COC(C)=O. The smallest absolute Gasteiger partial charge is 0.302 e. The molecule has 20 heavy (non-hydrogen) atoms. The van der Waals surface area contributed by atoms with E-state index >= 15 is 0 Å². The second-order valence-electron chi connectivity index (χ2n) is 3.78. The molecule has 0 saturated heterocycles. The molecule has 0 aromatic carbocycles. The third-order valence-corrected chi connectivity index (χ3v) is 1.82. The van der Waals surface area contributed by atoms with Crippen molar-refractivity contribution in [2.75, 3.05) is 14.2 Å². The Balaban J connectivity index is -0.0000000938. The summed E-state index contributed by atoms with van der Waals surface area (Å²) in [7, 11) is 2.35. The first-order valence-electron chi connectivity index (χ1n) is 6.55. The van der Waals surface area contributed by atoms with E-state index in [0.29, 0.717) is 0 Å². The van der Waals surface area contributed by atoms with Crippen LogP contribution in [0.5, 0.6) is 0 Å². The third-order valence-electron chi connectivity index (χ3n) is 1.82. The van der Waals surface area contributed by atoms with Crippen molar-refractivity contribution in [2.24, 2.45) is 0 Å². The van der Waals surface area contributed by atoms with Crippen LogP contribution in [0.3, 0.4) is 0 Å². The summed E-state index contributed by atoms with van der Waals surface area (Å²) in [6.07, 6.45) is 1.71. The van der Waals surface area contributed by atoms with Crippen LogP contribution in [-0.2, 0) is 19.1 Å². The topological polar surface area (TPSA) is 93.1 Å². The zero-order valence-corrected chi connectivity index (χ0v) is 14.1. The van der Waals surface area contributed by atoms with Crippen LogP contribution in [0, 0.1) is 0 Å². The average Bonchev–Trinajstić information content (AvgIpc) is 2.41. The summed E-state index contributed by atoms with van der Waals surface area (Å²) in [5, 5.41) is 15.4. The Morgan fingerprint density at radius 3 is 1.35 bits per heavy atom. The maximum absolute atomic E-state index is 10.2. The molecule has 0 radical (unpaired) electrons. The first kappa shape index (κ1) is 27.2. The number of rotatable bonds is 3. The van der Waals surface area contributed by atoms with Crippen LogP contribution < -0.4 is 0 Å². The standard InChI is InChI=1S/C6H12O2.C4H10O.C3H6O2.CH4O/c1-4-5(2)8-6(3)7;1-3-4(2)5;1-3(4)5-2;1-2/h5H,4H2,1-3H3;4-5H,3H2,1-2H3;1-2H3;2H,1H3. The van der Waals surface area contributed by atoms with Crippen LogP contribution in [0.1, 0.15) is 54.4 Å². The number of esters is 2. The van der Waals surface area contributed by atoms with Gasteiger partial charge >= 0.3 is 11.9 Å². The van der Waals surface area contributed by atoms with Gasteiger partial charge in [-0.2, -0.15) is 0 Å². The first-order chi connectivity index (χ1) is 9.20. The van der Waals surface area contributed by atoms with Gasteiger partial charge in [0.15, 0.2) is 0 Å². The molecule has 0 amide bonds. The molecule has 124 valence electrons. The normalized spacial score (nSPS) is 10.9. The molecular weight excluding hydrogens is 264 g/mol. The van der Waals surface area contributed by atoms with E-state index in [0.717, 1.165) is 20.0 Å². The summed E-state index contributed by atoms with van der Waals surface area (Å²) in [5.74, 6) is -0.440. The van der Waals surface area contributed by atoms with E-state index in [1.165, 1.54) is 21.0 Å². The van der Waals surface area contributed by atoms with Gasteiger partial charge in [0.2, 0.25) is 0 Å². The van der Waals surface area contributed by atoms with Crippen molar-refractivity contribution in [1.29, 1.82) is 0 Å². The highest BCUT2D eigenvalue weighted by Gasteiger charge is 1.99. The maximum Gasteiger partial charge on any atom is 0.302 e. The van der Waals surface area contributed by atoms with Crippen LogP contribution in [0.4, 0.5) is 0 Å². The fourth-order valence-corrected chi connectivity index (χ4v) is 0.367.